The smallest absolute Gasteiger partial charge is 0.222 e. The van der Waals surface area contributed by atoms with E-state index in [0.717, 1.165) is 25.2 Å². The van der Waals surface area contributed by atoms with E-state index in [1.807, 2.05) is 37.1 Å². The normalized spacial score (nSPS) is 23.2. The van der Waals surface area contributed by atoms with E-state index in [9.17, 15) is 9.90 Å². The van der Waals surface area contributed by atoms with Crippen molar-refractivity contribution in [2.75, 3.05) is 19.7 Å². The molecular formula is C24H29N3O2. The third kappa shape index (κ3) is 3.38. The van der Waals surface area contributed by atoms with Gasteiger partial charge in [0.05, 0.1) is 12.1 Å². The van der Waals surface area contributed by atoms with Gasteiger partial charge in [-0.15, -0.1) is 0 Å². The maximum atomic E-state index is 12.2. The molecule has 0 radical (unpaired) electrons. The monoisotopic (exact) mass is 391 g/mol. The van der Waals surface area contributed by atoms with Gasteiger partial charge in [0, 0.05) is 50.4 Å². The maximum Gasteiger partial charge on any atom is 0.222 e. The standard InChI is InChI=1S/C24H29N3O2/c1-3-6-18-8-10-20(11-9-18)23-21(15-28)27(14-19-7-5-12-25-13-19)24(23)16-26(17-24)22(29)4-2/h3,5-13,21,23,28H,4,14-17H2,1-2H3/b6-3+/t21-,23+/m1/s1. The Morgan fingerprint density at radius 2 is 2.03 bits per heavy atom. The lowest BCUT2D eigenvalue weighted by Gasteiger charge is -2.70. The highest BCUT2D eigenvalue weighted by atomic mass is 16.3. The van der Waals surface area contributed by atoms with E-state index in [1.165, 1.54) is 11.1 Å². The van der Waals surface area contributed by atoms with Gasteiger partial charge in [-0.25, -0.2) is 0 Å². The molecule has 1 aromatic carbocycles. The number of nitrogens with zero attached hydrogens (tertiary/aromatic N) is 3. The topological polar surface area (TPSA) is 56.7 Å². The Hall–Kier alpha value is -2.50. The van der Waals surface area contributed by atoms with Crippen LogP contribution in [0.4, 0.5) is 0 Å². The molecule has 5 heteroatoms. The lowest BCUT2D eigenvalue weighted by molar-refractivity contribution is -0.200. The molecule has 1 spiro atoms. The van der Waals surface area contributed by atoms with Crippen LogP contribution in [0.5, 0.6) is 0 Å². The van der Waals surface area contributed by atoms with Crippen LogP contribution >= 0.6 is 0 Å². The number of rotatable bonds is 6. The summed E-state index contributed by atoms with van der Waals surface area (Å²) in [5, 5.41) is 10.2. The van der Waals surface area contributed by atoms with Crippen LogP contribution in [0.25, 0.3) is 6.08 Å². The molecule has 152 valence electrons. The number of aliphatic hydroxyl groups excluding tert-OH is 1. The van der Waals surface area contributed by atoms with Gasteiger partial charge in [0.2, 0.25) is 5.91 Å². The van der Waals surface area contributed by atoms with Gasteiger partial charge < -0.3 is 10.0 Å². The van der Waals surface area contributed by atoms with E-state index in [1.54, 1.807) is 6.20 Å². The van der Waals surface area contributed by atoms with E-state index in [0.29, 0.717) is 6.42 Å². The number of pyridine rings is 1. The van der Waals surface area contributed by atoms with Gasteiger partial charge in [-0.3, -0.25) is 14.7 Å². The molecule has 0 bridgehead atoms. The van der Waals surface area contributed by atoms with Crippen LogP contribution in [0.15, 0.2) is 54.9 Å². The minimum absolute atomic E-state index is 0.0432. The molecule has 4 rings (SSSR count). The van der Waals surface area contributed by atoms with E-state index >= 15 is 0 Å². The van der Waals surface area contributed by atoms with Crippen molar-refractivity contribution in [2.45, 2.75) is 44.3 Å². The fourth-order valence-corrected chi connectivity index (χ4v) is 5.06. The van der Waals surface area contributed by atoms with Gasteiger partial charge >= 0.3 is 0 Å². The highest BCUT2D eigenvalue weighted by molar-refractivity contribution is 5.77. The molecule has 2 saturated heterocycles. The molecule has 5 nitrogen and oxygen atoms in total. The van der Waals surface area contributed by atoms with Crippen molar-refractivity contribution in [3.8, 4) is 0 Å². The summed E-state index contributed by atoms with van der Waals surface area (Å²) >= 11 is 0. The summed E-state index contributed by atoms with van der Waals surface area (Å²) in [4.78, 5) is 20.8. The number of aromatic nitrogens is 1. The number of benzene rings is 1. The maximum absolute atomic E-state index is 12.2. The quantitative estimate of drug-likeness (QED) is 0.822. The van der Waals surface area contributed by atoms with Gasteiger partial charge in [-0.05, 0) is 29.7 Å². The van der Waals surface area contributed by atoms with Crippen molar-refractivity contribution in [1.29, 1.82) is 0 Å². The summed E-state index contributed by atoms with van der Waals surface area (Å²) < 4.78 is 0. The second-order valence-corrected chi connectivity index (χ2v) is 8.09. The molecule has 1 aromatic heterocycles. The van der Waals surface area contributed by atoms with Gasteiger partial charge in [0.25, 0.3) is 0 Å². The van der Waals surface area contributed by atoms with E-state index in [-0.39, 0.29) is 30.0 Å². The Morgan fingerprint density at radius 3 is 2.62 bits per heavy atom. The van der Waals surface area contributed by atoms with Crippen LogP contribution in [-0.4, -0.2) is 57.1 Å². The first kappa shape index (κ1) is 19.8. The average molecular weight is 392 g/mol. The molecule has 3 heterocycles. The zero-order valence-electron chi connectivity index (χ0n) is 17.2. The van der Waals surface area contributed by atoms with Gasteiger partial charge in [-0.1, -0.05) is 49.4 Å². The fourth-order valence-electron chi connectivity index (χ4n) is 5.06. The molecule has 2 aromatic rings. The van der Waals surface area contributed by atoms with E-state index < -0.39 is 0 Å². The van der Waals surface area contributed by atoms with Crippen LogP contribution in [0, 0.1) is 0 Å². The molecule has 1 amide bonds. The largest absolute Gasteiger partial charge is 0.395 e. The average Bonchev–Trinajstić information content (AvgIpc) is 2.72. The number of carbonyl (C=O) groups excluding carboxylic acids is 1. The minimum Gasteiger partial charge on any atom is -0.395 e. The molecule has 2 aliphatic rings. The van der Waals surface area contributed by atoms with Gasteiger partial charge in [0.15, 0.2) is 0 Å². The molecule has 1 N–H and O–H groups in total. The molecule has 0 unspecified atom stereocenters. The second kappa shape index (κ2) is 8.09. The second-order valence-electron chi connectivity index (χ2n) is 8.09. The lowest BCUT2D eigenvalue weighted by Crippen LogP contribution is -2.84. The summed E-state index contributed by atoms with van der Waals surface area (Å²) in [6.45, 7) is 6.21. The number of aliphatic hydroxyl groups is 1. The third-order valence-corrected chi connectivity index (χ3v) is 6.44. The first-order chi connectivity index (χ1) is 14.1. The number of likely N-dealkylation sites (tertiary alicyclic amines) is 2. The molecule has 2 fully saturated rings. The lowest BCUT2D eigenvalue weighted by atomic mass is 9.60. The Morgan fingerprint density at radius 1 is 1.28 bits per heavy atom. The van der Waals surface area contributed by atoms with Crippen molar-refractivity contribution < 1.29 is 9.90 Å². The van der Waals surface area contributed by atoms with Crippen molar-refractivity contribution >= 4 is 12.0 Å². The number of carbonyl (C=O) groups is 1. The summed E-state index contributed by atoms with van der Waals surface area (Å²) in [5.74, 6) is 0.413. The SMILES string of the molecule is C/C=C/c1ccc([C@H]2[C@@H](CO)N(Cc3cccnc3)C23CN(C(=O)CC)C3)cc1. The van der Waals surface area contributed by atoms with Crippen molar-refractivity contribution in [3.05, 3.63) is 71.6 Å². The van der Waals surface area contributed by atoms with Crippen molar-refractivity contribution in [1.82, 2.24) is 14.8 Å². The van der Waals surface area contributed by atoms with E-state index in [4.69, 9.17) is 0 Å². The summed E-state index contributed by atoms with van der Waals surface area (Å²) in [7, 11) is 0. The van der Waals surface area contributed by atoms with Crippen LogP contribution in [-0.2, 0) is 11.3 Å². The van der Waals surface area contributed by atoms with Crippen LogP contribution in [0.2, 0.25) is 0 Å². The molecule has 2 aliphatic heterocycles. The molecular weight excluding hydrogens is 362 g/mol. The summed E-state index contributed by atoms with van der Waals surface area (Å²) in [6, 6.07) is 12.7. The van der Waals surface area contributed by atoms with Gasteiger partial charge in [-0.2, -0.15) is 0 Å². The van der Waals surface area contributed by atoms with Crippen molar-refractivity contribution in [2.24, 2.45) is 0 Å². The number of hydrogen-bond acceptors (Lipinski definition) is 4. The Bertz CT molecular complexity index is 873. The zero-order chi connectivity index (χ0) is 20.4. The van der Waals surface area contributed by atoms with Crippen LogP contribution in [0.3, 0.4) is 0 Å². The number of amides is 1. The van der Waals surface area contributed by atoms with Crippen molar-refractivity contribution in [3.63, 3.8) is 0 Å². The van der Waals surface area contributed by atoms with Gasteiger partial charge in [0.1, 0.15) is 0 Å². The minimum atomic E-state index is -0.115. The van der Waals surface area contributed by atoms with E-state index in [2.05, 4.69) is 46.3 Å². The summed E-state index contributed by atoms with van der Waals surface area (Å²) in [5.41, 5.74) is 3.43. The Kier molecular flexibility index (Phi) is 5.52. The number of allylic oxidation sites excluding steroid dienone is 1. The summed E-state index contributed by atoms with van der Waals surface area (Å²) in [6.07, 6.45) is 8.31. The fraction of sp³-hybridized carbons (Fsp3) is 0.417. The van der Waals surface area contributed by atoms with Crippen LogP contribution < -0.4 is 0 Å². The van der Waals surface area contributed by atoms with Crippen LogP contribution in [0.1, 0.15) is 42.9 Å². The molecule has 29 heavy (non-hydrogen) atoms. The highest BCUT2D eigenvalue weighted by Gasteiger charge is 2.66. The Balaban J connectivity index is 1.63. The predicted molar refractivity (Wildman–Crippen MR) is 114 cm³/mol. The predicted octanol–water partition coefficient (Wildman–Crippen LogP) is 3.07. The first-order valence-electron chi connectivity index (χ1n) is 10.4. The number of hydrogen-bond donors (Lipinski definition) is 1. The molecule has 0 saturated carbocycles. The highest BCUT2D eigenvalue weighted by Crippen LogP contribution is 2.54. The third-order valence-electron chi connectivity index (χ3n) is 6.44. The molecule has 0 aliphatic carbocycles. The molecule has 2 atom stereocenters. The zero-order valence-corrected chi connectivity index (χ0v) is 17.2. The Labute approximate surface area is 172 Å². The first-order valence-corrected chi connectivity index (χ1v) is 10.4.